The van der Waals surface area contributed by atoms with Gasteiger partial charge >= 0.3 is 0 Å². The van der Waals surface area contributed by atoms with Crippen LogP contribution in [-0.4, -0.2) is 42.2 Å². The minimum absolute atomic E-state index is 0.0255. The zero-order chi connectivity index (χ0) is 12.0. The van der Waals surface area contributed by atoms with E-state index < -0.39 is 0 Å². The maximum atomic E-state index is 12.1. The van der Waals surface area contributed by atoms with Crippen LogP contribution in [0.4, 0.5) is 0 Å². The maximum Gasteiger partial charge on any atom is 0.226 e. The Kier molecular flexibility index (Phi) is 5.77. The van der Waals surface area contributed by atoms with Crippen LogP contribution in [0.15, 0.2) is 0 Å². The van der Waals surface area contributed by atoms with Gasteiger partial charge in [-0.25, -0.2) is 0 Å². The van der Waals surface area contributed by atoms with Crippen LogP contribution in [0.25, 0.3) is 0 Å². The van der Waals surface area contributed by atoms with E-state index in [-0.39, 0.29) is 24.3 Å². The van der Waals surface area contributed by atoms with Gasteiger partial charge in [-0.15, -0.1) is 0 Å². The molecule has 0 bridgehead atoms. The fraction of sp³-hybridized carbons (Fsp3) is 0.917. The van der Waals surface area contributed by atoms with E-state index in [1.165, 1.54) is 0 Å². The Hall–Kier alpha value is -0.610. The smallest absolute Gasteiger partial charge is 0.226 e. The summed E-state index contributed by atoms with van der Waals surface area (Å²) in [5.74, 6) is 0.419. The van der Waals surface area contributed by atoms with Gasteiger partial charge in [-0.05, 0) is 25.2 Å². The van der Waals surface area contributed by atoms with Crippen LogP contribution in [0.1, 0.15) is 32.6 Å². The van der Waals surface area contributed by atoms with Crippen LogP contribution in [-0.2, 0) is 4.79 Å². The Morgan fingerprint density at radius 2 is 2.38 bits per heavy atom. The molecule has 1 aliphatic rings. The highest BCUT2D eigenvalue weighted by Crippen LogP contribution is 2.19. The van der Waals surface area contributed by atoms with Crippen LogP contribution in [0.5, 0.6) is 0 Å². The van der Waals surface area contributed by atoms with E-state index >= 15 is 0 Å². The van der Waals surface area contributed by atoms with E-state index in [2.05, 4.69) is 6.92 Å². The van der Waals surface area contributed by atoms with Crippen LogP contribution in [0.3, 0.4) is 0 Å². The van der Waals surface area contributed by atoms with Crippen molar-refractivity contribution in [3.05, 3.63) is 0 Å². The van der Waals surface area contributed by atoms with Gasteiger partial charge in [-0.2, -0.15) is 0 Å². The van der Waals surface area contributed by atoms with E-state index in [0.717, 1.165) is 32.2 Å². The molecule has 0 aromatic carbocycles. The summed E-state index contributed by atoms with van der Waals surface area (Å²) in [5.41, 5.74) is 5.64. The van der Waals surface area contributed by atoms with Gasteiger partial charge < -0.3 is 15.7 Å². The maximum absolute atomic E-state index is 12.1. The summed E-state index contributed by atoms with van der Waals surface area (Å²) < 4.78 is 0. The zero-order valence-electron chi connectivity index (χ0n) is 10.2. The molecule has 4 nitrogen and oxygen atoms in total. The lowest BCUT2D eigenvalue weighted by atomic mass is 9.96. The van der Waals surface area contributed by atoms with Crippen molar-refractivity contribution < 1.29 is 9.90 Å². The third-order valence-electron chi connectivity index (χ3n) is 3.36. The van der Waals surface area contributed by atoms with Gasteiger partial charge in [0.05, 0.1) is 5.92 Å². The molecule has 0 radical (unpaired) electrons. The SMILES string of the molecule is CCCC(CN)C(=O)N1CCCC(CO)C1. The summed E-state index contributed by atoms with van der Waals surface area (Å²) in [6.45, 7) is 4.23. The highest BCUT2D eigenvalue weighted by atomic mass is 16.3. The molecular formula is C12H24N2O2. The van der Waals surface area contributed by atoms with E-state index in [1.807, 2.05) is 4.90 Å². The third-order valence-corrected chi connectivity index (χ3v) is 3.36. The fourth-order valence-corrected chi connectivity index (χ4v) is 2.36. The first kappa shape index (κ1) is 13.5. The Balaban J connectivity index is 2.51. The molecule has 1 aliphatic heterocycles. The van der Waals surface area contributed by atoms with Gasteiger partial charge in [0.25, 0.3) is 0 Å². The van der Waals surface area contributed by atoms with Crippen LogP contribution in [0, 0.1) is 11.8 Å². The second-order valence-corrected chi connectivity index (χ2v) is 4.70. The quantitative estimate of drug-likeness (QED) is 0.724. The second kappa shape index (κ2) is 6.86. The van der Waals surface area contributed by atoms with Crippen molar-refractivity contribution in [2.24, 2.45) is 17.6 Å². The monoisotopic (exact) mass is 228 g/mol. The molecule has 1 fully saturated rings. The Morgan fingerprint density at radius 3 is 2.94 bits per heavy atom. The topological polar surface area (TPSA) is 66.6 Å². The van der Waals surface area contributed by atoms with Crippen molar-refractivity contribution in [2.75, 3.05) is 26.2 Å². The van der Waals surface area contributed by atoms with E-state index in [1.54, 1.807) is 0 Å². The molecule has 0 aromatic heterocycles. The molecule has 1 saturated heterocycles. The number of likely N-dealkylation sites (tertiary alicyclic amines) is 1. The number of piperidine rings is 1. The highest BCUT2D eigenvalue weighted by molar-refractivity contribution is 5.79. The lowest BCUT2D eigenvalue weighted by Gasteiger charge is -2.34. The fourth-order valence-electron chi connectivity index (χ4n) is 2.36. The molecule has 1 rings (SSSR count). The Bertz CT molecular complexity index is 221. The van der Waals surface area contributed by atoms with Crippen molar-refractivity contribution in [1.82, 2.24) is 4.90 Å². The molecule has 2 atom stereocenters. The first-order valence-corrected chi connectivity index (χ1v) is 6.32. The standard InChI is InChI=1S/C12H24N2O2/c1-2-4-11(7-13)12(16)14-6-3-5-10(8-14)9-15/h10-11,15H,2-9,13H2,1H3. The number of carbonyl (C=O) groups is 1. The number of aliphatic hydroxyl groups is 1. The minimum atomic E-state index is -0.0255. The molecule has 0 saturated carbocycles. The molecule has 2 unspecified atom stereocenters. The molecular weight excluding hydrogens is 204 g/mol. The van der Waals surface area contributed by atoms with Crippen molar-refractivity contribution in [3.8, 4) is 0 Å². The van der Waals surface area contributed by atoms with Crippen molar-refractivity contribution in [3.63, 3.8) is 0 Å². The number of rotatable bonds is 5. The molecule has 3 N–H and O–H groups in total. The predicted molar refractivity (Wildman–Crippen MR) is 63.8 cm³/mol. The zero-order valence-corrected chi connectivity index (χ0v) is 10.2. The number of nitrogens with two attached hydrogens (primary N) is 1. The number of aliphatic hydroxyl groups excluding tert-OH is 1. The number of amides is 1. The van der Waals surface area contributed by atoms with Crippen molar-refractivity contribution in [2.45, 2.75) is 32.6 Å². The van der Waals surface area contributed by atoms with Crippen LogP contribution >= 0.6 is 0 Å². The molecule has 0 aromatic rings. The first-order chi connectivity index (χ1) is 7.72. The van der Waals surface area contributed by atoms with Gasteiger partial charge in [0.1, 0.15) is 0 Å². The summed E-state index contributed by atoms with van der Waals surface area (Å²) in [6, 6.07) is 0. The Labute approximate surface area is 97.8 Å². The molecule has 16 heavy (non-hydrogen) atoms. The molecule has 1 amide bonds. The number of hydrogen-bond donors (Lipinski definition) is 2. The first-order valence-electron chi connectivity index (χ1n) is 6.32. The highest BCUT2D eigenvalue weighted by Gasteiger charge is 2.27. The van der Waals surface area contributed by atoms with Gasteiger partial charge in [-0.3, -0.25) is 4.79 Å². The van der Waals surface area contributed by atoms with Crippen molar-refractivity contribution >= 4 is 5.91 Å². The summed E-state index contributed by atoms with van der Waals surface area (Å²) in [6.07, 6.45) is 3.89. The molecule has 0 aliphatic carbocycles. The molecule has 94 valence electrons. The van der Waals surface area contributed by atoms with Crippen molar-refractivity contribution in [1.29, 1.82) is 0 Å². The molecule has 1 heterocycles. The Morgan fingerprint density at radius 1 is 1.62 bits per heavy atom. The minimum Gasteiger partial charge on any atom is -0.396 e. The summed E-state index contributed by atoms with van der Waals surface area (Å²) in [7, 11) is 0. The summed E-state index contributed by atoms with van der Waals surface area (Å²) >= 11 is 0. The molecule has 4 heteroatoms. The van der Waals surface area contributed by atoms with E-state index in [0.29, 0.717) is 13.1 Å². The average molecular weight is 228 g/mol. The average Bonchev–Trinajstić information content (AvgIpc) is 2.35. The second-order valence-electron chi connectivity index (χ2n) is 4.70. The van der Waals surface area contributed by atoms with Gasteiger partial charge in [-0.1, -0.05) is 13.3 Å². The van der Waals surface area contributed by atoms with Crippen LogP contribution < -0.4 is 5.73 Å². The number of hydrogen-bond acceptors (Lipinski definition) is 3. The third kappa shape index (κ3) is 3.46. The molecule has 0 spiro atoms. The van der Waals surface area contributed by atoms with Crippen LogP contribution in [0.2, 0.25) is 0 Å². The number of carbonyl (C=O) groups excluding carboxylic acids is 1. The predicted octanol–water partition coefficient (Wildman–Crippen LogP) is 0.592. The number of nitrogens with zero attached hydrogens (tertiary/aromatic N) is 1. The van der Waals surface area contributed by atoms with E-state index in [4.69, 9.17) is 10.8 Å². The van der Waals surface area contributed by atoms with Gasteiger partial charge in [0.15, 0.2) is 0 Å². The normalized spacial score (nSPS) is 23.2. The van der Waals surface area contributed by atoms with E-state index in [9.17, 15) is 4.79 Å². The van der Waals surface area contributed by atoms with Gasteiger partial charge in [0.2, 0.25) is 5.91 Å². The summed E-state index contributed by atoms with van der Waals surface area (Å²) in [4.78, 5) is 14.0. The lowest BCUT2D eigenvalue weighted by molar-refractivity contribution is -0.137. The van der Waals surface area contributed by atoms with Gasteiger partial charge in [0, 0.05) is 26.2 Å². The summed E-state index contributed by atoms with van der Waals surface area (Å²) in [5, 5.41) is 9.13. The lowest BCUT2D eigenvalue weighted by Crippen LogP contribution is -2.45. The largest absolute Gasteiger partial charge is 0.396 e.